The Kier molecular flexibility index (Phi) is 4.05. The molecule has 0 aromatic rings. The van der Waals surface area contributed by atoms with Crippen molar-refractivity contribution in [1.29, 1.82) is 0 Å². The van der Waals surface area contributed by atoms with Gasteiger partial charge in [-0.3, -0.25) is 4.79 Å². The third kappa shape index (κ3) is 3.09. The quantitative estimate of drug-likeness (QED) is 0.760. The molecule has 19 heavy (non-hydrogen) atoms. The Bertz CT molecular complexity index is 313. The molecule has 3 aliphatic heterocycles. The highest BCUT2D eigenvalue weighted by atomic mass is 16.7. The van der Waals surface area contributed by atoms with Crippen LogP contribution in [-0.2, 0) is 14.3 Å². The molecule has 0 atom stereocenters. The van der Waals surface area contributed by atoms with Gasteiger partial charge in [0.15, 0.2) is 5.79 Å². The molecule has 3 aliphatic rings. The minimum atomic E-state index is -0.296. The van der Waals surface area contributed by atoms with Gasteiger partial charge in [0.2, 0.25) is 5.91 Å². The van der Waals surface area contributed by atoms with Crippen LogP contribution in [0.15, 0.2) is 0 Å². The van der Waals surface area contributed by atoms with Crippen molar-refractivity contribution in [2.75, 3.05) is 45.9 Å². The monoisotopic (exact) mass is 268 g/mol. The molecule has 3 saturated heterocycles. The van der Waals surface area contributed by atoms with E-state index in [2.05, 4.69) is 4.90 Å². The fourth-order valence-electron chi connectivity index (χ4n) is 3.28. The highest BCUT2D eigenvalue weighted by molar-refractivity contribution is 5.76. The number of nitrogens with zero attached hydrogens (tertiary/aromatic N) is 2. The van der Waals surface area contributed by atoms with Crippen molar-refractivity contribution in [3.63, 3.8) is 0 Å². The van der Waals surface area contributed by atoms with E-state index in [9.17, 15) is 4.79 Å². The number of hydrogen-bond acceptors (Lipinski definition) is 4. The Morgan fingerprint density at radius 2 is 1.63 bits per heavy atom. The predicted molar refractivity (Wildman–Crippen MR) is 70.7 cm³/mol. The predicted octanol–water partition coefficient (Wildman–Crippen LogP) is 0.838. The molecule has 108 valence electrons. The zero-order chi connectivity index (χ0) is 13.1. The SMILES string of the molecule is O=C(CCN1CCC2(CC1)OCCO2)N1CCCC1. The van der Waals surface area contributed by atoms with Gasteiger partial charge in [-0.15, -0.1) is 0 Å². The molecule has 0 saturated carbocycles. The molecule has 3 heterocycles. The first-order valence-corrected chi connectivity index (χ1v) is 7.56. The summed E-state index contributed by atoms with van der Waals surface area (Å²) in [4.78, 5) is 16.4. The number of rotatable bonds is 3. The molecule has 3 rings (SSSR count). The fourth-order valence-corrected chi connectivity index (χ4v) is 3.28. The second-order valence-electron chi connectivity index (χ2n) is 5.79. The van der Waals surface area contributed by atoms with E-state index in [1.54, 1.807) is 0 Å². The van der Waals surface area contributed by atoms with Gasteiger partial charge in [-0.25, -0.2) is 0 Å². The Morgan fingerprint density at radius 3 is 2.26 bits per heavy atom. The van der Waals surface area contributed by atoms with Gasteiger partial charge in [-0.2, -0.15) is 0 Å². The van der Waals surface area contributed by atoms with Crippen molar-refractivity contribution in [3.05, 3.63) is 0 Å². The van der Waals surface area contributed by atoms with E-state index in [0.29, 0.717) is 12.3 Å². The zero-order valence-electron chi connectivity index (χ0n) is 11.6. The van der Waals surface area contributed by atoms with Crippen molar-refractivity contribution >= 4 is 5.91 Å². The largest absolute Gasteiger partial charge is 0.347 e. The Labute approximate surface area is 114 Å². The maximum absolute atomic E-state index is 12.0. The van der Waals surface area contributed by atoms with Crippen LogP contribution in [0.2, 0.25) is 0 Å². The van der Waals surface area contributed by atoms with E-state index < -0.39 is 0 Å². The van der Waals surface area contributed by atoms with E-state index in [1.807, 2.05) is 4.90 Å². The second-order valence-corrected chi connectivity index (χ2v) is 5.79. The molecule has 5 heteroatoms. The summed E-state index contributed by atoms with van der Waals surface area (Å²) in [6, 6.07) is 0. The average molecular weight is 268 g/mol. The number of likely N-dealkylation sites (tertiary alicyclic amines) is 2. The number of hydrogen-bond donors (Lipinski definition) is 0. The molecule has 0 aromatic carbocycles. The molecule has 0 aliphatic carbocycles. The van der Waals surface area contributed by atoms with Gasteiger partial charge < -0.3 is 19.3 Å². The molecule has 5 nitrogen and oxygen atoms in total. The smallest absolute Gasteiger partial charge is 0.223 e. The number of piperidine rings is 1. The minimum Gasteiger partial charge on any atom is -0.347 e. The van der Waals surface area contributed by atoms with Crippen LogP contribution in [0.3, 0.4) is 0 Å². The third-order valence-corrected chi connectivity index (χ3v) is 4.53. The van der Waals surface area contributed by atoms with Crippen LogP contribution in [0, 0.1) is 0 Å². The summed E-state index contributed by atoms with van der Waals surface area (Å²) in [5.74, 6) is 0.0290. The lowest BCUT2D eigenvalue weighted by Crippen LogP contribution is -2.46. The van der Waals surface area contributed by atoms with Gasteiger partial charge in [0.1, 0.15) is 0 Å². The number of carbonyl (C=O) groups excluding carboxylic acids is 1. The zero-order valence-corrected chi connectivity index (χ0v) is 11.6. The maximum Gasteiger partial charge on any atom is 0.223 e. The van der Waals surface area contributed by atoms with Crippen molar-refractivity contribution in [3.8, 4) is 0 Å². The van der Waals surface area contributed by atoms with E-state index in [1.165, 1.54) is 12.8 Å². The molecule has 0 radical (unpaired) electrons. The molecule has 3 fully saturated rings. The number of ether oxygens (including phenoxy) is 2. The molecular formula is C14H24N2O3. The van der Waals surface area contributed by atoms with Gasteiger partial charge in [0.05, 0.1) is 13.2 Å². The van der Waals surface area contributed by atoms with E-state index in [4.69, 9.17) is 9.47 Å². The molecule has 0 aromatic heterocycles. The van der Waals surface area contributed by atoms with Gasteiger partial charge in [-0.05, 0) is 12.8 Å². The summed E-state index contributed by atoms with van der Waals surface area (Å²) >= 11 is 0. The normalized spacial score (nSPS) is 27.3. The lowest BCUT2D eigenvalue weighted by Gasteiger charge is -2.37. The van der Waals surface area contributed by atoms with Crippen LogP contribution in [-0.4, -0.2) is 67.4 Å². The molecular weight excluding hydrogens is 244 g/mol. The van der Waals surface area contributed by atoms with Crippen LogP contribution in [0.1, 0.15) is 32.1 Å². The van der Waals surface area contributed by atoms with Gasteiger partial charge in [0, 0.05) is 52.0 Å². The standard InChI is InChI=1S/C14H24N2O3/c17-13(16-6-1-2-7-16)3-8-15-9-4-14(5-10-15)18-11-12-19-14/h1-12H2. The van der Waals surface area contributed by atoms with Gasteiger partial charge in [0.25, 0.3) is 0 Å². The molecule has 0 bridgehead atoms. The van der Waals surface area contributed by atoms with Crippen molar-refractivity contribution in [2.45, 2.75) is 37.9 Å². The molecule has 0 N–H and O–H groups in total. The van der Waals surface area contributed by atoms with Crippen LogP contribution < -0.4 is 0 Å². The summed E-state index contributed by atoms with van der Waals surface area (Å²) in [6.07, 6.45) is 4.88. The van der Waals surface area contributed by atoms with Crippen LogP contribution in [0.4, 0.5) is 0 Å². The summed E-state index contributed by atoms with van der Waals surface area (Å²) < 4.78 is 11.4. The molecule has 1 spiro atoms. The molecule has 0 unspecified atom stereocenters. The highest BCUT2D eigenvalue weighted by Crippen LogP contribution is 2.31. The van der Waals surface area contributed by atoms with Crippen LogP contribution in [0.5, 0.6) is 0 Å². The number of amides is 1. The Balaban J connectivity index is 1.38. The van der Waals surface area contributed by atoms with E-state index in [0.717, 1.165) is 58.8 Å². The lowest BCUT2D eigenvalue weighted by molar-refractivity contribution is -0.185. The first-order valence-electron chi connectivity index (χ1n) is 7.56. The summed E-state index contributed by atoms with van der Waals surface area (Å²) in [5.41, 5.74) is 0. The topological polar surface area (TPSA) is 42.0 Å². The average Bonchev–Trinajstić information content (AvgIpc) is 3.09. The van der Waals surface area contributed by atoms with Crippen molar-refractivity contribution in [1.82, 2.24) is 9.80 Å². The van der Waals surface area contributed by atoms with Crippen molar-refractivity contribution < 1.29 is 14.3 Å². The van der Waals surface area contributed by atoms with Gasteiger partial charge >= 0.3 is 0 Å². The van der Waals surface area contributed by atoms with Crippen LogP contribution in [0.25, 0.3) is 0 Å². The van der Waals surface area contributed by atoms with E-state index >= 15 is 0 Å². The number of carbonyl (C=O) groups is 1. The maximum atomic E-state index is 12.0. The van der Waals surface area contributed by atoms with E-state index in [-0.39, 0.29) is 5.79 Å². The van der Waals surface area contributed by atoms with Crippen LogP contribution >= 0.6 is 0 Å². The minimum absolute atomic E-state index is 0.296. The summed E-state index contributed by atoms with van der Waals surface area (Å²) in [5, 5.41) is 0. The first-order chi connectivity index (χ1) is 9.27. The summed E-state index contributed by atoms with van der Waals surface area (Å²) in [7, 11) is 0. The lowest BCUT2D eigenvalue weighted by atomic mass is 10.0. The van der Waals surface area contributed by atoms with Gasteiger partial charge in [-0.1, -0.05) is 0 Å². The Hall–Kier alpha value is -0.650. The van der Waals surface area contributed by atoms with Crippen molar-refractivity contribution in [2.24, 2.45) is 0 Å². The fraction of sp³-hybridized carbons (Fsp3) is 0.929. The first kappa shape index (κ1) is 13.3. The molecule has 1 amide bonds. The second kappa shape index (κ2) is 5.77. The Morgan fingerprint density at radius 1 is 1.00 bits per heavy atom. The highest BCUT2D eigenvalue weighted by Gasteiger charge is 2.39. The third-order valence-electron chi connectivity index (χ3n) is 4.53. The summed E-state index contributed by atoms with van der Waals surface area (Å²) in [6.45, 7) is 6.22.